The Kier molecular flexibility index (Phi) is 2.54. The smallest absolute Gasteiger partial charge is 0.151 e. The fourth-order valence-electron chi connectivity index (χ4n) is 2.92. The van der Waals surface area contributed by atoms with Gasteiger partial charge in [0, 0.05) is 5.39 Å². The highest BCUT2D eigenvalue weighted by atomic mass is 15.5. The molecule has 3 heteroatoms. The summed E-state index contributed by atoms with van der Waals surface area (Å²) >= 11 is 0. The van der Waals surface area contributed by atoms with Crippen LogP contribution in [-0.2, 0) is 7.05 Å². The second-order valence-corrected chi connectivity index (χ2v) is 5.35. The fourth-order valence-corrected chi connectivity index (χ4v) is 2.92. The number of fused-ring (bicyclic) bond motifs is 2. The summed E-state index contributed by atoms with van der Waals surface area (Å²) < 4.78 is 2.10. The van der Waals surface area contributed by atoms with Gasteiger partial charge in [-0.2, -0.15) is 4.68 Å². The van der Waals surface area contributed by atoms with Crippen LogP contribution in [-0.4, -0.2) is 9.90 Å². The summed E-state index contributed by atoms with van der Waals surface area (Å²) in [5.41, 5.74) is 4.50. The van der Waals surface area contributed by atoms with Crippen LogP contribution in [0, 0.1) is 6.92 Å². The van der Waals surface area contributed by atoms with Crippen molar-refractivity contribution in [1.82, 2.24) is 9.90 Å². The summed E-state index contributed by atoms with van der Waals surface area (Å²) in [7, 11) is 2.05. The van der Waals surface area contributed by atoms with Crippen LogP contribution < -0.4 is 4.68 Å². The van der Waals surface area contributed by atoms with Gasteiger partial charge in [0.15, 0.2) is 0 Å². The third-order valence-electron chi connectivity index (χ3n) is 4.02. The van der Waals surface area contributed by atoms with Crippen molar-refractivity contribution in [3.8, 4) is 5.69 Å². The van der Waals surface area contributed by atoms with Crippen LogP contribution in [0.25, 0.3) is 27.5 Å². The van der Waals surface area contributed by atoms with Crippen LogP contribution in [0.3, 0.4) is 0 Å². The second-order valence-electron chi connectivity index (χ2n) is 5.35. The van der Waals surface area contributed by atoms with E-state index in [0.29, 0.717) is 0 Å². The number of nitrogens with zero attached hydrogens (tertiary/aromatic N) is 3. The molecule has 0 amide bonds. The molecule has 21 heavy (non-hydrogen) atoms. The number of hydrogen-bond donors (Lipinski definition) is 0. The van der Waals surface area contributed by atoms with Crippen LogP contribution in [0.15, 0.2) is 60.7 Å². The zero-order chi connectivity index (χ0) is 14.4. The van der Waals surface area contributed by atoms with Crippen LogP contribution >= 0.6 is 0 Å². The number of aromatic nitrogens is 3. The molecule has 0 aliphatic rings. The molecule has 4 rings (SSSR count). The van der Waals surface area contributed by atoms with E-state index < -0.39 is 0 Å². The van der Waals surface area contributed by atoms with Gasteiger partial charge in [-0.1, -0.05) is 48.5 Å². The zero-order valence-electron chi connectivity index (χ0n) is 12.1. The fraction of sp³-hybridized carbons (Fsp3) is 0.111. The highest BCUT2D eigenvalue weighted by Gasteiger charge is 2.20. The van der Waals surface area contributed by atoms with Crippen LogP contribution in [0.1, 0.15) is 5.56 Å². The van der Waals surface area contributed by atoms with E-state index in [-0.39, 0.29) is 0 Å². The highest BCUT2D eigenvalue weighted by molar-refractivity contribution is 5.91. The summed E-state index contributed by atoms with van der Waals surface area (Å²) in [6.45, 7) is 2.13. The first-order chi connectivity index (χ1) is 10.3. The topological polar surface area (TPSA) is 21.7 Å². The van der Waals surface area contributed by atoms with E-state index in [1.165, 1.54) is 16.3 Å². The molecular weight excluding hydrogens is 258 g/mol. The lowest BCUT2D eigenvalue weighted by Gasteiger charge is -2.07. The summed E-state index contributed by atoms with van der Waals surface area (Å²) in [5, 5.41) is 7.23. The van der Waals surface area contributed by atoms with Gasteiger partial charge >= 0.3 is 0 Å². The Hall–Kier alpha value is -2.68. The van der Waals surface area contributed by atoms with Gasteiger partial charge in [0.2, 0.25) is 11.0 Å². The van der Waals surface area contributed by atoms with Crippen molar-refractivity contribution in [3.05, 3.63) is 66.2 Å². The van der Waals surface area contributed by atoms with Gasteiger partial charge < -0.3 is 0 Å². The molecule has 0 saturated heterocycles. The molecule has 0 spiro atoms. The molecule has 1 aromatic heterocycles. The third kappa shape index (κ3) is 1.74. The van der Waals surface area contributed by atoms with E-state index in [9.17, 15) is 0 Å². The number of rotatable bonds is 1. The molecule has 1 heterocycles. The lowest BCUT2D eigenvalue weighted by atomic mass is 10.1. The van der Waals surface area contributed by atoms with Gasteiger partial charge in [0.25, 0.3) is 0 Å². The molecule has 0 saturated carbocycles. The minimum absolute atomic E-state index is 1.01. The summed E-state index contributed by atoms with van der Waals surface area (Å²) in [5.74, 6) is 0. The van der Waals surface area contributed by atoms with Gasteiger partial charge in [0.05, 0.1) is 5.10 Å². The average molecular weight is 274 g/mol. The zero-order valence-corrected chi connectivity index (χ0v) is 12.1. The van der Waals surface area contributed by atoms with E-state index in [1.54, 1.807) is 0 Å². The molecular formula is C18H16N3+. The van der Waals surface area contributed by atoms with Gasteiger partial charge in [-0.25, -0.2) is 0 Å². The molecule has 0 radical (unpaired) electrons. The van der Waals surface area contributed by atoms with Gasteiger partial charge in [-0.05, 0) is 34.8 Å². The van der Waals surface area contributed by atoms with Crippen molar-refractivity contribution in [2.45, 2.75) is 6.92 Å². The standard InChI is InChI=1S/C18H16N3/c1-13-11-12-14-7-3-4-8-15(14)18(13)21-19-16-9-5-6-10-17(16)20(21)2/h3-12H,1-2H3/q+1. The van der Waals surface area contributed by atoms with Crippen LogP contribution in [0.2, 0.25) is 0 Å². The molecule has 0 N–H and O–H groups in total. The van der Waals surface area contributed by atoms with Crippen molar-refractivity contribution in [3.63, 3.8) is 0 Å². The second kappa shape index (κ2) is 4.42. The van der Waals surface area contributed by atoms with E-state index in [4.69, 9.17) is 5.10 Å². The number of benzene rings is 3. The van der Waals surface area contributed by atoms with Gasteiger partial charge in [-0.3, -0.25) is 0 Å². The Morgan fingerprint density at radius 3 is 2.52 bits per heavy atom. The van der Waals surface area contributed by atoms with Crippen molar-refractivity contribution in [2.75, 3.05) is 0 Å². The Balaban J connectivity index is 2.13. The predicted octanol–water partition coefficient (Wildman–Crippen LogP) is 3.31. The first-order valence-corrected chi connectivity index (χ1v) is 7.08. The Morgan fingerprint density at radius 1 is 0.905 bits per heavy atom. The van der Waals surface area contributed by atoms with Gasteiger partial charge in [-0.15, -0.1) is 0 Å². The van der Waals surface area contributed by atoms with Crippen molar-refractivity contribution in [1.29, 1.82) is 0 Å². The molecule has 3 nitrogen and oxygen atoms in total. The van der Waals surface area contributed by atoms with Crippen LogP contribution in [0.5, 0.6) is 0 Å². The molecule has 0 bridgehead atoms. The predicted molar refractivity (Wildman–Crippen MR) is 84.5 cm³/mol. The molecule has 0 fully saturated rings. The SMILES string of the molecule is Cc1ccc2ccccc2c1-n1nc2ccccc2[n+]1C. The maximum Gasteiger partial charge on any atom is 0.249 e. The molecule has 0 aliphatic carbocycles. The largest absolute Gasteiger partial charge is 0.249 e. The van der Waals surface area contributed by atoms with E-state index in [1.807, 2.05) is 23.0 Å². The maximum absolute atomic E-state index is 4.77. The minimum Gasteiger partial charge on any atom is -0.151 e. The Labute approximate surface area is 123 Å². The molecule has 4 aromatic rings. The first-order valence-electron chi connectivity index (χ1n) is 7.08. The number of hydrogen-bond acceptors (Lipinski definition) is 1. The third-order valence-corrected chi connectivity index (χ3v) is 4.02. The summed E-state index contributed by atoms with van der Waals surface area (Å²) in [4.78, 5) is 2.00. The minimum atomic E-state index is 1.01. The maximum atomic E-state index is 4.77. The summed E-state index contributed by atoms with van der Waals surface area (Å²) in [6.07, 6.45) is 0. The van der Waals surface area contributed by atoms with E-state index in [2.05, 4.69) is 61.1 Å². The van der Waals surface area contributed by atoms with Crippen LogP contribution in [0.4, 0.5) is 0 Å². The quantitative estimate of drug-likeness (QED) is 0.488. The first kappa shape index (κ1) is 12.1. The highest BCUT2D eigenvalue weighted by Crippen LogP contribution is 2.25. The van der Waals surface area contributed by atoms with Crippen molar-refractivity contribution in [2.24, 2.45) is 7.05 Å². The van der Waals surface area contributed by atoms with E-state index >= 15 is 0 Å². The number of aryl methyl sites for hydroxylation is 2. The lowest BCUT2D eigenvalue weighted by Crippen LogP contribution is -2.39. The number of para-hydroxylation sites is 1. The van der Waals surface area contributed by atoms with Crippen molar-refractivity contribution >= 4 is 21.8 Å². The normalized spacial score (nSPS) is 11.3. The Morgan fingerprint density at radius 2 is 1.67 bits per heavy atom. The average Bonchev–Trinajstić information content (AvgIpc) is 2.84. The van der Waals surface area contributed by atoms with Crippen molar-refractivity contribution < 1.29 is 4.68 Å². The molecule has 102 valence electrons. The molecule has 3 aromatic carbocycles. The van der Waals surface area contributed by atoms with E-state index in [0.717, 1.165) is 16.7 Å². The molecule has 0 atom stereocenters. The lowest BCUT2D eigenvalue weighted by molar-refractivity contribution is -0.725. The van der Waals surface area contributed by atoms with Gasteiger partial charge in [0.1, 0.15) is 12.7 Å². The molecule has 0 unspecified atom stereocenters. The Bertz CT molecular complexity index is 967. The summed E-state index contributed by atoms with van der Waals surface area (Å²) in [6, 6.07) is 21.0. The molecule has 0 aliphatic heterocycles. The monoisotopic (exact) mass is 274 g/mol.